The van der Waals surface area contributed by atoms with Gasteiger partial charge in [-0.2, -0.15) is 4.91 Å². The lowest BCUT2D eigenvalue weighted by Crippen LogP contribution is -2.30. The Morgan fingerprint density at radius 3 is 2.50 bits per heavy atom. The lowest BCUT2D eigenvalue weighted by molar-refractivity contribution is 0.200. The first-order chi connectivity index (χ1) is 5.65. The van der Waals surface area contributed by atoms with Gasteiger partial charge in [0.15, 0.2) is 0 Å². The largest absolute Gasteiger partial charge is 0.151 e. The van der Waals surface area contributed by atoms with Crippen molar-refractivity contribution in [1.82, 2.24) is 0 Å². The van der Waals surface area contributed by atoms with Crippen molar-refractivity contribution in [2.75, 3.05) is 0 Å². The van der Waals surface area contributed by atoms with Crippen LogP contribution >= 0.6 is 0 Å². The molecule has 12 heavy (non-hydrogen) atoms. The quantitative estimate of drug-likeness (QED) is 0.583. The first-order valence-corrected chi connectivity index (χ1v) is 4.97. The standard InChI is InChI=1S/C10H19NO/c1-7(2)9-5-4-8(3)6-10(9)11-12/h7-10H,4-6H2,1-3H3/t8-,9?,10-/m0/s1. The summed E-state index contributed by atoms with van der Waals surface area (Å²) in [7, 11) is 0. The van der Waals surface area contributed by atoms with Crippen molar-refractivity contribution in [2.45, 2.75) is 46.1 Å². The predicted molar refractivity (Wildman–Crippen MR) is 50.9 cm³/mol. The second-order valence-corrected chi connectivity index (χ2v) is 4.50. The van der Waals surface area contributed by atoms with E-state index in [1.807, 2.05) is 0 Å². The highest BCUT2D eigenvalue weighted by atomic mass is 16.3. The molecule has 2 heteroatoms. The molecule has 0 N–H and O–H groups in total. The van der Waals surface area contributed by atoms with E-state index in [-0.39, 0.29) is 6.04 Å². The van der Waals surface area contributed by atoms with Crippen LogP contribution in [-0.4, -0.2) is 6.04 Å². The van der Waals surface area contributed by atoms with Gasteiger partial charge in [0.25, 0.3) is 0 Å². The molecule has 0 heterocycles. The zero-order chi connectivity index (χ0) is 9.14. The summed E-state index contributed by atoms with van der Waals surface area (Å²) in [4.78, 5) is 10.6. The summed E-state index contributed by atoms with van der Waals surface area (Å²) >= 11 is 0. The van der Waals surface area contributed by atoms with Crippen molar-refractivity contribution >= 4 is 0 Å². The second-order valence-electron chi connectivity index (χ2n) is 4.50. The average molecular weight is 169 g/mol. The van der Waals surface area contributed by atoms with E-state index in [1.54, 1.807) is 0 Å². The van der Waals surface area contributed by atoms with Crippen molar-refractivity contribution in [3.05, 3.63) is 4.91 Å². The number of nitroso groups, excluding NO2 is 1. The molecule has 0 amide bonds. The van der Waals surface area contributed by atoms with Gasteiger partial charge >= 0.3 is 0 Å². The van der Waals surface area contributed by atoms with Crippen LogP contribution in [0.3, 0.4) is 0 Å². The van der Waals surface area contributed by atoms with Gasteiger partial charge in [-0.3, -0.25) is 0 Å². The Hall–Kier alpha value is -0.400. The van der Waals surface area contributed by atoms with Gasteiger partial charge in [-0.25, -0.2) is 0 Å². The minimum absolute atomic E-state index is 0.0914. The summed E-state index contributed by atoms with van der Waals surface area (Å²) < 4.78 is 0. The van der Waals surface area contributed by atoms with E-state index < -0.39 is 0 Å². The van der Waals surface area contributed by atoms with Crippen molar-refractivity contribution < 1.29 is 0 Å². The number of nitrogens with zero attached hydrogens (tertiary/aromatic N) is 1. The van der Waals surface area contributed by atoms with E-state index in [0.29, 0.717) is 17.8 Å². The molecule has 0 aromatic heterocycles. The Bertz CT molecular complexity index is 156. The molecule has 0 aliphatic heterocycles. The topological polar surface area (TPSA) is 29.4 Å². The van der Waals surface area contributed by atoms with Gasteiger partial charge in [-0.15, -0.1) is 0 Å². The predicted octanol–water partition coefficient (Wildman–Crippen LogP) is 3.21. The van der Waals surface area contributed by atoms with Gasteiger partial charge < -0.3 is 0 Å². The molecule has 0 aromatic rings. The van der Waals surface area contributed by atoms with Gasteiger partial charge in [0.05, 0.1) is 6.04 Å². The SMILES string of the molecule is CC(C)C1CC[C@H](C)C[C@@H]1N=O. The molecule has 1 aliphatic rings. The fourth-order valence-electron chi connectivity index (χ4n) is 2.27. The van der Waals surface area contributed by atoms with Gasteiger partial charge in [0.1, 0.15) is 0 Å². The maximum atomic E-state index is 10.6. The van der Waals surface area contributed by atoms with Crippen molar-refractivity contribution in [3.63, 3.8) is 0 Å². The molecular weight excluding hydrogens is 150 g/mol. The molecule has 1 rings (SSSR count). The summed E-state index contributed by atoms with van der Waals surface area (Å²) in [6, 6.07) is 0.0914. The molecule has 1 fully saturated rings. The van der Waals surface area contributed by atoms with Crippen LogP contribution in [0, 0.1) is 22.7 Å². The number of hydrogen-bond acceptors (Lipinski definition) is 2. The molecular formula is C10H19NO. The van der Waals surface area contributed by atoms with E-state index in [2.05, 4.69) is 25.9 Å². The molecule has 3 atom stereocenters. The molecule has 1 saturated carbocycles. The Balaban J connectivity index is 2.56. The summed E-state index contributed by atoms with van der Waals surface area (Å²) in [6.45, 7) is 6.60. The molecule has 0 saturated heterocycles. The zero-order valence-electron chi connectivity index (χ0n) is 8.29. The smallest absolute Gasteiger partial charge is 0.0952 e. The third-order valence-corrected chi connectivity index (χ3v) is 3.12. The normalized spacial score (nSPS) is 36.8. The molecule has 0 spiro atoms. The minimum Gasteiger partial charge on any atom is -0.151 e. The fraction of sp³-hybridized carbons (Fsp3) is 1.00. The second kappa shape index (κ2) is 4.01. The molecule has 1 unspecified atom stereocenters. The lowest BCUT2D eigenvalue weighted by Gasteiger charge is -2.32. The highest BCUT2D eigenvalue weighted by Crippen LogP contribution is 2.34. The summed E-state index contributed by atoms with van der Waals surface area (Å²) in [5.74, 6) is 1.85. The van der Waals surface area contributed by atoms with Crippen LogP contribution in [0.1, 0.15) is 40.0 Å². The molecule has 0 aromatic carbocycles. The van der Waals surface area contributed by atoms with E-state index in [9.17, 15) is 4.91 Å². The van der Waals surface area contributed by atoms with Crippen molar-refractivity contribution in [2.24, 2.45) is 22.9 Å². The highest BCUT2D eigenvalue weighted by Gasteiger charge is 2.31. The van der Waals surface area contributed by atoms with E-state index in [1.165, 1.54) is 12.8 Å². The Kier molecular flexibility index (Phi) is 3.24. The highest BCUT2D eigenvalue weighted by molar-refractivity contribution is 4.84. The van der Waals surface area contributed by atoms with Crippen LogP contribution in [0.25, 0.3) is 0 Å². The summed E-state index contributed by atoms with van der Waals surface area (Å²) in [5.41, 5.74) is 0. The first kappa shape index (κ1) is 9.69. The van der Waals surface area contributed by atoms with Crippen molar-refractivity contribution in [1.29, 1.82) is 0 Å². The van der Waals surface area contributed by atoms with E-state index in [0.717, 1.165) is 6.42 Å². The van der Waals surface area contributed by atoms with Gasteiger partial charge in [0, 0.05) is 0 Å². The average Bonchev–Trinajstić information content (AvgIpc) is 2.03. The van der Waals surface area contributed by atoms with Gasteiger partial charge in [-0.05, 0) is 30.6 Å². The van der Waals surface area contributed by atoms with Gasteiger partial charge in [0.2, 0.25) is 0 Å². The summed E-state index contributed by atoms with van der Waals surface area (Å²) in [6.07, 6.45) is 3.47. The van der Waals surface area contributed by atoms with Crippen LogP contribution in [0.2, 0.25) is 0 Å². The van der Waals surface area contributed by atoms with Crippen LogP contribution in [0.4, 0.5) is 0 Å². The maximum Gasteiger partial charge on any atom is 0.0952 e. The fourth-order valence-corrected chi connectivity index (χ4v) is 2.27. The Morgan fingerprint density at radius 2 is 2.00 bits per heavy atom. The molecule has 1 aliphatic carbocycles. The molecule has 70 valence electrons. The van der Waals surface area contributed by atoms with E-state index >= 15 is 0 Å². The number of rotatable bonds is 2. The van der Waals surface area contributed by atoms with Crippen LogP contribution in [0.5, 0.6) is 0 Å². The van der Waals surface area contributed by atoms with Crippen molar-refractivity contribution in [3.8, 4) is 0 Å². The maximum absolute atomic E-state index is 10.6. The minimum atomic E-state index is 0.0914. The monoisotopic (exact) mass is 169 g/mol. The lowest BCUT2D eigenvalue weighted by atomic mass is 9.74. The third-order valence-electron chi connectivity index (χ3n) is 3.12. The summed E-state index contributed by atoms with van der Waals surface area (Å²) in [5, 5.41) is 3.25. The van der Waals surface area contributed by atoms with E-state index in [4.69, 9.17) is 0 Å². The zero-order valence-corrected chi connectivity index (χ0v) is 8.29. The third kappa shape index (κ3) is 2.05. The van der Waals surface area contributed by atoms with Crippen LogP contribution < -0.4 is 0 Å². The molecule has 2 nitrogen and oxygen atoms in total. The molecule has 0 radical (unpaired) electrons. The first-order valence-electron chi connectivity index (χ1n) is 4.97. The Labute approximate surface area is 74.7 Å². The van der Waals surface area contributed by atoms with Crippen LogP contribution in [0.15, 0.2) is 5.18 Å². The number of hydrogen-bond donors (Lipinski definition) is 0. The van der Waals surface area contributed by atoms with Gasteiger partial charge in [-0.1, -0.05) is 32.4 Å². The Morgan fingerprint density at radius 1 is 1.33 bits per heavy atom. The molecule has 0 bridgehead atoms. The van der Waals surface area contributed by atoms with Crippen LogP contribution in [-0.2, 0) is 0 Å².